The van der Waals surface area contributed by atoms with Crippen LogP contribution < -0.4 is 16.2 Å². The van der Waals surface area contributed by atoms with Crippen molar-refractivity contribution in [3.8, 4) is 5.75 Å². The van der Waals surface area contributed by atoms with Gasteiger partial charge in [-0.2, -0.15) is 0 Å². The molecular weight excluding hydrogens is 247 g/mol. The van der Waals surface area contributed by atoms with E-state index in [0.29, 0.717) is 11.3 Å². The molecule has 5 heteroatoms. The zero-order chi connectivity index (χ0) is 13.8. The van der Waals surface area contributed by atoms with Crippen LogP contribution in [0.25, 0.3) is 0 Å². The molecule has 0 saturated carbocycles. The van der Waals surface area contributed by atoms with Gasteiger partial charge in [-0.3, -0.25) is 4.79 Å². The van der Waals surface area contributed by atoms with E-state index in [4.69, 9.17) is 16.2 Å². The summed E-state index contributed by atoms with van der Waals surface area (Å²) in [5.74, 6) is -0.658. The average molecular weight is 260 g/mol. The Kier molecular flexibility index (Phi) is 3.66. The summed E-state index contributed by atoms with van der Waals surface area (Å²) in [6.45, 7) is 0.126. The van der Waals surface area contributed by atoms with Gasteiger partial charge < -0.3 is 16.2 Å². The van der Waals surface area contributed by atoms with Gasteiger partial charge >= 0.3 is 0 Å². The van der Waals surface area contributed by atoms with Crippen LogP contribution in [0.3, 0.4) is 0 Å². The predicted octanol–water partition coefficient (Wildman–Crippen LogP) is 2.09. The molecule has 0 aliphatic carbocycles. The molecule has 2 aromatic carbocycles. The van der Waals surface area contributed by atoms with Crippen molar-refractivity contribution in [2.45, 2.75) is 6.61 Å². The number of benzene rings is 2. The van der Waals surface area contributed by atoms with Gasteiger partial charge in [-0.25, -0.2) is 4.39 Å². The molecule has 0 aliphatic heterocycles. The van der Waals surface area contributed by atoms with Crippen molar-refractivity contribution >= 4 is 11.6 Å². The van der Waals surface area contributed by atoms with Crippen molar-refractivity contribution in [3.05, 3.63) is 59.4 Å². The topological polar surface area (TPSA) is 78.3 Å². The van der Waals surface area contributed by atoms with Gasteiger partial charge in [0, 0.05) is 11.8 Å². The van der Waals surface area contributed by atoms with Crippen LogP contribution in [0.15, 0.2) is 42.5 Å². The fourth-order valence-electron chi connectivity index (χ4n) is 1.65. The normalized spacial score (nSPS) is 10.2. The van der Waals surface area contributed by atoms with E-state index in [9.17, 15) is 9.18 Å². The maximum Gasteiger partial charge on any atom is 0.252 e. The van der Waals surface area contributed by atoms with Gasteiger partial charge in [0.1, 0.15) is 18.2 Å². The number of ether oxygens (including phenoxy) is 1. The number of carbonyl (C=O) groups is 1. The second-order valence-electron chi connectivity index (χ2n) is 4.04. The first kappa shape index (κ1) is 12.9. The smallest absolute Gasteiger partial charge is 0.252 e. The highest BCUT2D eigenvalue weighted by Gasteiger charge is 2.10. The van der Waals surface area contributed by atoms with Gasteiger partial charge in [0.25, 0.3) is 5.91 Å². The summed E-state index contributed by atoms with van der Waals surface area (Å²) in [5, 5.41) is 0. The molecule has 4 N–H and O–H groups in total. The Morgan fingerprint density at radius 1 is 1.21 bits per heavy atom. The number of nitrogens with two attached hydrogens (primary N) is 2. The van der Waals surface area contributed by atoms with E-state index >= 15 is 0 Å². The minimum absolute atomic E-state index is 0.126. The summed E-state index contributed by atoms with van der Waals surface area (Å²) in [6.07, 6.45) is 0. The number of carbonyl (C=O) groups excluding carboxylic acids is 1. The van der Waals surface area contributed by atoms with E-state index < -0.39 is 5.91 Å². The van der Waals surface area contributed by atoms with Crippen LogP contribution in [0.4, 0.5) is 10.1 Å². The summed E-state index contributed by atoms with van der Waals surface area (Å²) in [4.78, 5) is 11.2. The van der Waals surface area contributed by atoms with Gasteiger partial charge in [0.15, 0.2) is 0 Å². The first-order valence-electron chi connectivity index (χ1n) is 5.63. The lowest BCUT2D eigenvalue weighted by Crippen LogP contribution is -2.13. The average Bonchev–Trinajstić information content (AvgIpc) is 2.36. The minimum atomic E-state index is -0.603. The number of rotatable bonds is 4. The molecule has 0 radical (unpaired) electrons. The van der Waals surface area contributed by atoms with Crippen LogP contribution >= 0.6 is 0 Å². The summed E-state index contributed by atoms with van der Waals surface area (Å²) in [7, 11) is 0. The fourth-order valence-corrected chi connectivity index (χ4v) is 1.65. The lowest BCUT2D eigenvalue weighted by atomic mass is 10.1. The zero-order valence-electron chi connectivity index (χ0n) is 10.1. The molecule has 98 valence electrons. The first-order chi connectivity index (χ1) is 9.06. The molecule has 0 bridgehead atoms. The number of halogens is 1. The first-order valence-corrected chi connectivity index (χ1v) is 5.63. The van der Waals surface area contributed by atoms with E-state index in [1.165, 1.54) is 24.3 Å². The molecule has 0 spiro atoms. The third-order valence-corrected chi connectivity index (χ3v) is 2.55. The van der Waals surface area contributed by atoms with E-state index in [0.717, 1.165) is 0 Å². The van der Waals surface area contributed by atoms with E-state index in [-0.39, 0.29) is 23.7 Å². The van der Waals surface area contributed by atoms with E-state index in [1.807, 2.05) is 0 Å². The third-order valence-electron chi connectivity index (χ3n) is 2.55. The highest BCUT2D eigenvalue weighted by atomic mass is 19.1. The van der Waals surface area contributed by atoms with Gasteiger partial charge in [-0.1, -0.05) is 12.1 Å². The number of anilines is 1. The van der Waals surface area contributed by atoms with Crippen LogP contribution in [0, 0.1) is 5.82 Å². The molecule has 0 heterocycles. The maximum absolute atomic E-state index is 13.0. The Bertz CT molecular complexity index is 614. The fraction of sp³-hybridized carbons (Fsp3) is 0.0714. The van der Waals surface area contributed by atoms with Crippen molar-refractivity contribution in [2.24, 2.45) is 5.73 Å². The van der Waals surface area contributed by atoms with Crippen LogP contribution in [0.5, 0.6) is 5.75 Å². The second-order valence-corrected chi connectivity index (χ2v) is 4.04. The number of nitrogen functional groups attached to an aromatic ring is 1. The molecule has 0 atom stereocenters. The minimum Gasteiger partial charge on any atom is -0.488 e. The summed E-state index contributed by atoms with van der Waals surface area (Å²) in [5.41, 5.74) is 12.2. The molecular formula is C14H13FN2O2. The summed E-state index contributed by atoms with van der Waals surface area (Å²) in [6, 6.07) is 10.6. The number of amides is 1. The maximum atomic E-state index is 13.0. The van der Waals surface area contributed by atoms with Crippen molar-refractivity contribution in [3.63, 3.8) is 0 Å². The zero-order valence-corrected chi connectivity index (χ0v) is 10.1. The molecule has 2 aromatic rings. The van der Waals surface area contributed by atoms with Crippen LogP contribution in [0.2, 0.25) is 0 Å². The monoisotopic (exact) mass is 260 g/mol. The molecule has 1 amide bonds. The molecule has 0 saturated heterocycles. The van der Waals surface area contributed by atoms with Crippen LogP contribution in [-0.2, 0) is 6.61 Å². The lowest BCUT2D eigenvalue weighted by Gasteiger charge is -2.10. The number of hydrogen-bond acceptors (Lipinski definition) is 3. The molecule has 19 heavy (non-hydrogen) atoms. The van der Waals surface area contributed by atoms with Crippen molar-refractivity contribution in [2.75, 3.05) is 5.73 Å². The highest BCUT2D eigenvalue weighted by molar-refractivity contribution is 5.96. The second kappa shape index (κ2) is 5.39. The molecule has 2 rings (SSSR count). The number of hydrogen-bond donors (Lipinski definition) is 2. The molecule has 4 nitrogen and oxygen atoms in total. The quantitative estimate of drug-likeness (QED) is 0.826. The molecule has 0 unspecified atom stereocenters. The third kappa shape index (κ3) is 3.22. The van der Waals surface area contributed by atoms with Crippen molar-refractivity contribution < 1.29 is 13.9 Å². The van der Waals surface area contributed by atoms with Crippen molar-refractivity contribution in [1.82, 2.24) is 0 Å². The van der Waals surface area contributed by atoms with E-state index in [2.05, 4.69) is 0 Å². The predicted molar refractivity (Wildman–Crippen MR) is 70.1 cm³/mol. The Morgan fingerprint density at radius 3 is 2.68 bits per heavy atom. The Morgan fingerprint density at radius 2 is 2.00 bits per heavy atom. The van der Waals surface area contributed by atoms with Gasteiger partial charge in [0.2, 0.25) is 0 Å². The highest BCUT2D eigenvalue weighted by Crippen LogP contribution is 2.22. The Balaban J connectivity index is 2.19. The standard InChI is InChI=1S/C14H13FN2O2/c15-10-3-1-2-9(6-10)8-19-13-7-11(16)4-5-12(13)14(17)18/h1-7H,8,16H2,(H2,17,18). The van der Waals surface area contributed by atoms with E-state index in [1.54, 1.807) is 18.2 Å². The molecule has 0 fully saturated rings. The Labute approximate surface area is 109 Å². The lowest BCUT2D eigenvalue weighted by molar-refractivity contribution is 0.0996. The van der Waals surface area contributed by atoms with Crippen LogP contribution in [0.1, 0.15) is 15.9 Å². The van der Waals surface area contributed by atoms with Crippen molar-refractivity contribution in [1.29, 1.82) is 0 Å². The van der Waals surface area contributed by atoms with Gasteiger partial charge in [0.05, 0.1) is 5.56 Å². The molecule has 0 aliphatic rings. The summed E-state index contributed by atoms with van der Waals surface area (Å²) >= 11 is 0. The Hall–Kier alpha value is -2.56. The SMILES string of the molecule is NC(=O)c1ccc(N)cc1OCc1cccc(F)c1. The summed E-state index contributed by atoms with van der Waals surface area (Å²) < 4.78 is 18.5. The number of primary amides is 1. The molecule has 0 aromatic heterocycles. The van der Waals surface area contributed by atoms with Gasteiger partial charge in [-0.15, -0.1) is 0 Å². The largest absolute Gasteiger partial charge is 0.488 e. The van der Waals surface area contributed by atoms with Crippen LogP contribution in [-0.4, -0.2) is 5.91 Å². The van der Waals surface area contributed by atoms with Gasteiger partial charge in [-0.05, 0) is 29.8 Å².